The summed E-state index contributed by atoms with van der Waals surface area (Å²) in [7, 11) is 0. The molecule has 2 aromatic carbocycles. The van der Waals surface area contributed by atoms with Gasteiger partial charge in [-0.3, -0.25) is 4.57 Å². The molecule has 2 aromatic heterocycles. The van der Waals surface area contributed by atoms with Crippen LogP contribution in [0.1, 0.15) is 12.7 Å². The minimum atomic E-state index is -0.952. The molecule has 0 spiro atoms. The monoisotopic (exact) mass is 567 g/mol. The van der Waals surface area contributed by atoms with Gasteiger partial charge in [0, 0.05) is 47.1 Å². The first kappa shape index (κ1) is 25.8. The van der Waals surface area contributed by atoms with Gasteiger partial charge in [-0.25, -0.2) is 4.79 Å². The Hall–Kier alpha value is -4.45. The third-order valence-electron chi connectivity index (χ3n) is 7.20. The van der Waals surface area contributed by atoms with E-state index in [9.17, 15) is 20.0 Å². The van der Waals surface area contributed by atoms with E-state index in [-0.39, 0.29) is 24.5 Å². The van der Waals surface area contributed by atoms with Crippen LogP contribution >= 0.6 is 11.6 Å². The van der Waals surface area contributed by atoms with Crippen LogP contribution < -0.4 is 14.4 Å². The lowest BCUT2D eigenvalue weighted by Crippen LogP contribution is -2.55. The second kappa shape index (κ2) is 9.94. The number of benzene rings is 2. The highest BCUT2D eigenvalue weighted by atomic mass is 35.5. The van der Waals surface area contributed by atoms with Crippen molar-refractivity contribution in [3.63, 3.8) is 0 Å². The summed E-state index contributed by atoms with van der Waals surface area (Å²) in [5.41, 5.74) is 0.959. The number of hydrogen-bond donors (Lipinski definition) is 1. The SMILES string of the molecule is CC1(COc2ccc(N3CCN(C(=O)O)[C@H](Cc4cc5cc(Cl)ccc5o4)C3)cc2)Cn2cc([N+](=O)[O-])nc2O1. The van der Waals surface area contributed by atoms with Crippen molar-refractivity contribution in [2.24, 2.45) is 0 Å². The average molecular weight is 568 g/mol. The summed E-state index contributed by atoms with van der Waals surface area (Å²) in [6, 6.07) is 14.8. The first-order valence-corrected chi connectivity index (χ1v) is 13.1. The van der Waals surface area contributed by atoms with Gasteiger partial charge in [-0.1, -0.05) is 11.6 Å². The Kier molecular flexibility index (Phi) is 6.41. The molecule has 12 nitrogen and oxygen atoms in total. The predicted molar refractivity (Wildman–Crippen MR) is 146 cm³/mol. The van der Waals surface area contributed by atoms with Crippen LogP contribution in [0.5, 0.6) is 11.8 Å². The van der Waals surface area contributed by atoms with Crippen molar-refractivity contribution in [2.45, 2.75) is 31.5 Å². The Bertz CT molecular complexity index is 1560. The van der Waals surface area contributed by atoms with E-state index in [1.165, 1.54) is 11.1 Å². The second-order valence-corrected chi connectivity index (χ2v) is 10.7. The fourth-order valence-electron chi connectivity index (χ4n) is 5.26. The largest absolute Gasteiger partial charge is 0.489 e. The minimum absolute atomic E-state index is 0.203. The number of nitro groups is 1. The molecule has 1 unspecified atom stereocenters. The molecule has 2 aliphatic rings. The lowest BCUT2D eigenvalue weighted by molar-refractivity contribution is -0.389. The third kappa shape index (κ3) is 5.09. The van der Waals surface area contributed by atoms with E-state index < -0.39 is 16.6 Å². The van der Waals surface area contributed by atoms with Gasteiger partial charge in [0.15, 0.2) is 5.60 Å². The molecule has 0 radical (unpaired) electrons. The molecule has 208 valence electrons. The molecular formula is C27H26ClN5O7. The highest BCUT2D eigenvalue weighted by Gasteiger charge is 2.41. The van der Waals surface area contributed by atoms with Crippen molar-refractivity contribution in [2.75, 3.05) is 31.1 Å². The highest BCUT2D eigenvalue weighted by molar-refractivity contribution is 6.31. The summed E-state index contributed by atoms with van der Waals surface area (Å²) in [6.07, 6.45) is 0.846. The third-order valence-corrected chi connectivity index (χ3v) is 7.43. The summed E-state index contributed by atoms with van der Waals surface area (Å²) < 4.78 is 19.4. The number of aromatic nitrogens is 2. The maximum absolute atomic E-state index is 12.0. The number of ether oxygens (including phenoxy) is 2. The van der Waals surface area contributed by atoms with Crippen LogP contribution in [0.25, 0.3) is 11.0 Å². The van der Waals surface area contributed by atoms with Crippen LogP contribution in [0.4, 0.5) is 16.3 Å². The summed E-state index contributed by atoms with van der Waals surface area (Å²) in [5, 5.41) is 22.2. The molecule has 0 saturated carbocycles. The maximum atomic E-state index is 12.0. The number of amides is 1. The quantitative estimate of drug-likeness (QED) is 0.246. The molecule has 1 N–H and O–H groups in total. The number of carboxylic acid groups (broad SMARTS) is 1. The molecule has 1 saturated heterocycles. The maximum Gasteiger partial charge on any atom is 0.415 e. The number of fused-ring (bicyclic) bond motifs is 2. The molecule has 0 bridgehead atoms. The van der Waals surface area contributed by atoms with Crippen molar-refractivity contribution < 1.29 is 28.7 Å². The number of carbonyl (C=O) groups is 1. The van der Waals surface area contributed by atoms with Crippen molar-refractivity contribution in [1.82, 2.24) is 14.5 Å². The number of rotatable bonds is 7. The van der Waals surface area contributed by atoms with Crippen LogP contribution in [0.3, 0.4) is 0 Å². The average Bonchev–Trinajstić information content (AvgIpc) is 3.58. The first-order chi connectivity index (χ1) is 19.2. The van der Waals surface area contributed by atoms with E-state index in [4.69, 9.17) is 25.5 Å². The van der Waals surface area contributed by atoms with E-state index in [0.717, 1.165) is 11.1 Å². The van der Waals surface area contributed by atoms with Crippen molar-refractivity contribution in [3.05, 3.63) is 75.6 Å². The summed E-state index contributed by atoms with van der Waals surface area (Å²) in [4.78, 5) is 29.9. The van der Waals surface area contributed by atoms with Gasteiger partial charge in [0.2, 0.25) is 0 Å². The zero-order valence-electron chi connectivity index (χ0n) is 21.5. The molecule has 13 heteroatoms. The zero-order valence-corrected chi connectivity index (χ0v) is 22.3. The zero-order chi connectivity index (χ0) is 28.0. The molecule has 0 aliphatic carbocycles. The Morgan fingerprint density at radius 3 is 2.77 bits per heavy atom. The number of anilines is 1. The van der Waals surface area contributed by atoms with E-state index in [0.29, 0.717) is 54.7 Å². The molecule has 1 fully saturated rings. The van der Waals surface area contributed by atoms with Crippen molar-refractivity contribution in [1.29, 1.82) is 0 Å². The molecule has 4 aromatic rings. The molecule has 2 atom stereocenters. The van der Waals surface area contributed by atoms with E-state index in [1.54, 1.807) is 10.6 Å². The van der Waals surface area contributed by atoms with Crippen LogP contribution in [0.15, 0.2) is 59.1 Å². The Morgan fingerprint density at radius 2 is 2.05 bits per heavy atom. The number of halogens is 1. The van der Waals surface area contributed by atoms with Gasteiger partial charge in [0.05, 0.1) is 12.6 Å². The fraction of sp³-hybridized carbons (Fsp3) is 0.333. The number of hydrogen-bond acceptors (Lipinski definition) is 8. The van der Waals surface area contributed by atoms with E-state index >= 15 is 0 Å². The second-order valence-electron chi connectivity index (χ2n) is 10.3. The Balaban J connectivity index is 1.09. The first-order valence-electron chi connectivity index (χ1n) is 12.7. The molecular weight excluding hydrogens is 542 g/mol. The van der Waals surface area contributed by atoms with Gasteiger partial charge in [0.1, 0.15) is 29.9 Å². The summed E-state index contributed by atoms with van der Waals surface area (Å²) in [5.74, 6) is 1.10. The topological polar surface area (TPSA) is 136 Å². The minimum Gasteiger partial charge on any atom is -0.489 e. The van der Waals surface area contributed by atoms with E-state index in [2.05, 4.69) is 9.88 Å². The van der Waals surface area contributed by atoms with Gasteiger partial charge < -0.3 is 38.9 Å². The molecule has 2 aliphatic heterocycles. The summed E-state index contributed by atoms with van der Waals surface area (Å²) in [6.45, 7) is 3.91. The molecule has 1 amide bonds. The highest BCUT2D eigenvalue weighted by Crippen LogP contribution is 2.32. The fourth-order valence-corrected chi connectivity index (χ4v) is 5.44. The van der Waals surface area contributed by atoms with Gasteiger partial charge in [-0.2, -0.15) is 0 Å². The van der Waals surface area contributed by atoms with Gasteiger partial charge >= 0.3 is 17.9 Å². The predicted octanol–water partition coefficient (Wildman–Crippen LogP) is 4.83. The van der Waals surface area contributed by atoms with Gasteiger partial charge in [0.25, 0.3) is 0 Å². The normalized spacial score (nSPS) is 20.4. The van der Waals surface area contributed by atoms with Crippen molar-refractivity contribution in [3.8, 4) is 11.8 Å². The van der Waals surface area contributed by atoms with Crippen molar-refractivity contribution >= 4 is 40.2 Å². The number of nitrogens with zero attached hydrogens (tertiary/aromatic N) is 5. The van der Waals surface area contributed by atoms with Crippen LogP contribution in [0, 0.1) is 10.1 Å². The Labute approximate surface area is 233 Å². The van der Waals surface area contributed by atoms with Gasteiger partial charge in [-0.15, -0.1) is 0 Å². The lowest BCUT2D eigenvalue weighted by Gasteiger charge is -2.40. The standard InChI is InChI=1S/C27H26ClN5O7/c1-27(15-31-14-24(33(36)37)29-25(31)40-27)16-38-21-5-3-19(4-6-21)30-8-9-32(26(34)35)20(13-30)12-22-11-17-10-18(28)2-7-23(17)39-22/h2-7,10-11,14,20H,8-9,12-13,15-16H2,1H3,(H,34,35)/t20-,27?/m1/s1. The number of imidazole rings is 1. The molecule has 6 rings (SSSR count). The Morgan fingerprint density at radius 1 is 1.25 bits per heavy atom. The van der Waals surface area contributed by atoms with Crippen LogP contribution in [-0.4, -0.2) is 68.5 Å². The summed E-state index contributed by atoms with van der Waals surface area (Å²) >= 11 is 6.10. The number of furan rings is 1. The van der Waals surface area contributed by atoms with Crippen LogP contribution in [0.2, 0.25) is 5.02 Å². The number of piperazine rings is 1. The van der Waals surface area contributed by atoms with Gasteiger partial charge in [-0.05, 0) is 60.4 Å². The smallest absolute Gasteiger partial charge is 0.415 e. The lowest BCUT2D eigenvalue weighted by atomic mass is 10.1. The van der Waals surface area contributed by atoms with Crippen LogP contribution in [-0.2, 0) is 13.0 Å². The molecule has 4 heterocycles. The van der Waals surface area contributed by atoms with E-state index in [1.807, 2.05) is 49.4 Å². The molecule has 40 heavy (non-hydrogen) atoms.